The number of anilines is 2. The van der Waals surface area contributed by atoms with Gasteiger partial charge in [-0.2, -0.15) is 0 Å². The quantitative estimate of drug-likeness (QED) is 0.417. The van der Waals surface area contributed by atoms with Gasteiger partial charge in [0, 0.05) is 56.3 Å². The van der Waals surface area contributed by atoms with Crippen LogP contribution in [0.4, 0.5) is 11.8 Å². The highest BCUT2D eigenvalue weighted by molar-refractivity contribution is 6.30. The maximum Gasteiger partial charge on any atom is 0.223 e. The summed E-state index contributed by atoms with van der Waals surface area (Å²) in [5.41, 5.74) is 9.46. The Morgan fingerprint density at radius 3 is 2.68 bits per heavy atom. The summed E-state index contributed by atoms with van der Waals surface area (Å²) in [5, 5.41) is 3.99. The number of nitrogens with two attached hydrogens (primary N) is 1. The van der Waals surface area contributed by atoms with E-state index in [1.165, 1.54) is 0 Å². The molecular weight excluding hydrogens is 473 g/mol. The number of likely N-dealkylation sites (N-methyl/N-ethyl adjacent to an activating group) is 1. The summed E-state index contributed by atoms with van der Waals surface area (Å²) in [6, 6.07) is 9.34. The number of benzene rings is 1. The smallest absolute Gasteiger partial charge is 0.223 e. The highest BCUT2D eigenvalue weighted by atomic mass is 35.5. The van der Waals surface area contributed by atoms with Gasteiger partial charge >= 0.3 is 0 Å². The van der Waals surface area contributed by atoms with Crippen LogP contribution in [0.1, 0.15) is 11.6 Å². The number of nitrogens with zero attached hydrogens (tertiary/aromatic N) is 7. The molecule has 5 rings (SSSR count). The first-order valence-electron chi connectivity index (χ1n) is 10.9. The van der Waals surface area contributed by atoms with Crippen LogP contribution in [0.3, 0.4) is 0 Å². The third-order valence-electron chi connectivity index (χ3n) is 5.92. The predicted molar refractivity (Wildman–Crippen MR) is 138 cm³/mol. The lowest BCUT2D eigenvalue weighted by Gasteiger charge is -2.33. The minimum atomic E-state index is -0.158. The number of imidazole rings is 1. The third kappa shape index (κ3) is 4.92. The van der Waals surface area contributed by atoms with Crippen molar-refractivity contribution >= 4 is 41.4 Å². The molecule has 4 aromatic rings. The predicted octanol–water partition coefficient (Wildman–Crippen LogP) is 3.13. The Balaban J connectivity index is 0.00000274. The van der Waals surface area contributed by atoms with Gasteiger partial charge in [0.1, 0.15) is 0 Å². The molecule has 1 aromatic carbocycles. The molecule has 1 saturated heterocycles. The molecule has 0 spiro atoms. The van der Waals surface area contributed by atoms with Gasteiger partial charge in [-0.3, -0.25) is 4.40 Å². The largest absolute Gasteiger partial charge is 0.351 e. The van der Waals surface area contributed by atoms with E-state index in [0.29, 0.717) is 17.5 Å². The van der Waals surface area contributed by atoms with Gasteiger partial charge in [0.05, 0.1) is 23.6 Å². The monoisotopic (exact) mass is 499 g/mol. The molecule has 3 aromatic heterocycles. The summed E-state index contributed by atoms with van der Waals surface area (Å²) >= 11 is 6.15. The average Bonchev–Trinajstić information content (AvgIpc) is 3.28. The number of fused-ring (bicyclic) bond motifs is 1. The van der Waals surface area contributed by atoms with E-state index in [0.717, 1.165) is 54.6 Å². The van der Waals surface area contributed by atoms with Crippen molar-refractivity contribution in [3.8, 4) is 11.4 Å². The van der Waals surface area contributed by atoms with Crippen LogP contribution in [0.2, 0.25) is 5.02 Å². The average molecular weight is 500 g/mol. The zero-order valence-electron chi connectivity index (χ0n) is 18.8. The molecule has 0 saturated carbocycles. The zero-order valence-corrected chi connectivity index (χ0v) is 20.4. The molecule has 3 N–H and O–H groups in total. The molecule has 11 heteroatoms. The molecule has 1 unspecified atom stereocenters. The summed E-state index contributed by atoms with van der Waals surface area (Å²) in [5.74, 6) is 1.39. The molecule has 0 aliphatic carbocycles. The van der Waals surface area contributed by atoms with Crippen molar-refractivity contribution in [3.63, 3.8) is 0 Å². The minimum Gasteiger partial charge on any atom is -0.351 e. The Labute approximate surface area is 209 Å². The summed E-state index contributed by atoms with van der Waals surface area (Å²) in [6.45, 7) is 4.25. The van der Waals surface area contributed by atoms with E-state index in [4.69, 9.17) is 22.3 Å². The van der Waals surface area contributed by atoms with E-state index < -0.39 is 0 Å². The van der Waals surface area contributed by atoms with Gasteiger partial charge in [0.15, 0.2) is 11.5 Å². The van der Waals surface area contributed by atoms with E-state index >= 15 is 0 Å². The van der Waals surface area contributed by atoms with Crippen molar-refractivity contribution in [2.45, 2.75) is 6.04 Å². The molecule has 34 heavy (non-hydrogen) atoms. The van der Waals surface area contributed by atoms with Crippen molar-refractivity contribution in [3.05, 3.63) is 65.7 Å². The molecular formula is C23H27Cl2N9. The lowest BCUT2D eigenvalue weighted by atomic mass is 10.1. The van der Waals surface area contributed by atoms with Crippen molar-refractivity contribution in [1.82, 2.24) is 29.2 Å². The molecule has 1 aliphatic rings. The molecule has 0 bridgehead atoms. The van der Waals surface area contributed by atoms with E-state index in [9.17, 15) is 0 Å². The van der Waals surface area contributed by atoms with Crippen molar-refractivity contribution < 1.29 is 0 Å². The SMILES string of the molecule is CN1CCN(c2nccn3c(-c4ccnc(NC(CN)c5cccc(Cl)c5)n4)cnc23)CC1.Cl. The topological polar surface area (TPSA) is 100 Å². The van der Waals surface area contributed by atoms with Gasteiger partial charge in [-0.05, 0) is 30.8 Å². The zero-order chi connectivity index (χ0) is 22.8. The van der Waals surface area contributed by atoms with E-state index in [1.54, 1.807) is 6.20 Å². The van der Waals surface area contributed by atoms with Crippen LogP contribution in [0.5, 0.6) is 0 Å². The van der Waals surface area contributed by atoms with E-state index in [2.05, 4.69) is 37.1 Å². The van der Waals surface area contributed by atoms with Crippen molar-refractivity contribution in [2.24, 2.45) is 5.73 Å². The molecule has 9 nitrogen and oxygen atoms in total. The van der Waals surface area contributed by atoms with Gasteiger partial charge < -0.3 is 20.9 Å². The van der Waals surface area contributed by atoms with Gasteiger partial charge in [-0.25, -0.2) is 19.9 Å². The second kappa shape index (κ2) is 10.5. The maximum atomic E-state index is 6.15. The molecule has 0 amide bonds. The van der Waals surface area contributed by atoms with Crippen LogP contribution in [-0.4, -0.2) is 69.0 Å². The highest BCUT2D eigenvalue weighted by Crippen LogP contribution is 2.26. The lowest BCUT2D eigenvalue weighted by molar-refractivity contribution is 0.312. The first-order valence-corrected chi connectivity index (χ1v) is 11.3. The summed E-state index contributed by atoms with van der Waals surface area (Å²) in [4.78, 5) is 23.1. The summed E-state index contributed by atoms with van der Waals surface area (Å²) < 4.78 is 2.03. The van der Waals surface area contributed by atoms with Gasteiger partial charge in [0.25, 0.3) is 0 Å². The van der Waals surface area contributed by atoms with Gasteiger partial charge in [0.2, 0.25) is 5.95 Å². The number of hydrogen-bond donors (Lipinski definition) is 2. The molecule has 0 radical (unpaired) electrons. The second-order valence-electron chi connectivity index (χ2n) is 8.13. The molecule has 178 valence electrons. The van der Waals surface area contributed by atoms with Crippen molar-refractivity contribution in [2.75, 3.05) is 50.0 Å². The van der Waals surface area contributed by atoms with E-state index in [1.807, 2.05) is 53.3 Å². The maximum absolute atomic E-state index is 6.15. The Morgan fingerprint density at radius 2 is 1.91 bits per heavy atom. The fourth-order valence-corrected chi connectivity index (χ4v) is 4.26. The number of hydrogen-bond acceptors (Lipinski definition) is 8. The van der Waals surface area contributed by atoms with Crippen molar-refractivity contribution in [1.29, 1.82) is 0 Å². The number of piperazine rings is 1. The van der Waals surface area contributed by atoms with Crippen LogP contribution in [-0.2, 0) is 0 Å². The normalized spacial score (nSPS) is 15.2. The van der Waals surface area contributed by atoms with Gasteiger partial charge in [-0.1, -0.05) is 23.7 Å². The third-order valence-corrected chi connectivity index (χ3v) is 6.16. The van der Waals surface area contributed by atoms with Crippen LogP contribution in [0, 0.1) is 0 Å². The van der Waals surface area contributed by atoms with Crippen LogP contribution in [0.15, 0.2) is 55.1 Å². The van der Waals surface area contributed by atoms with Gasteiger partial charge in [-0.15, -0.1) is 12.4 Å². The van der Waals surface area contributed by atoms with E-state index in [-0.39, 0.29) is 18.4 Å². The number of halogens is 2. The first-order chi connectivity index (χ1) is 16.1. The fraction of sp³-hybridized carbons (Fsp3) is 0.304. The number of aromatic nitrogens is 5. The Kier molecular flexibility index (Phi) is 7.47. The number of nitrogens with one attached hydrogen (secondary N) is 1. The Hall–Kier alpha value is -2.98. The standard InChI is InChI=1S/C23H26ClN9.ClH/c1-31-9-11-32(12-10-31)21-22-28-15-20(33(22)8-7-26-21)18-5-6-27-23(29-18)30-19(14-25)16-3-2-4-17(24)13-16;/h2-8,13,15,19H,9-12,14,25H2,1H3,(H,27,29,30);1H. The molecule has 1 atom stereocenters. The fourth-order valence-electron chi connectivity index (χ4n) is 4.06. The lowest BCUT2D eigenvalue weighted by Crippen LogP contribution is -2.45. The Morgan fingerprint density at radius 1 is 1.09 bits per heavy atom. The molecule has 1 fully saturated rings. The van der Waals surface area contributed by atoms with Crippen LogP contribution in [0.25, 0.3) is 17.0 Å². The second-order valence-corrected chi connectivity index (χ2v) is 8.57. The number of rotatable bonds is 6. The van der Waals surface area contributed by atoms with Crippen LogP contribution >= 0.6 is 24.0 Å². The minimum absolute atomic E-state index is 0. The molecule has 1 aliphatic heterocycles. The van der Waals surface area contributed by atoms with Crippen LogP contribution < -0.4 is 16.0 Å². The Bertz CT molecular complexity index is 1250. The summed E-state index contributed by atoms with van der Waals surface area (Å²) in [6.07, 6.45) is 7.30. The summed E-state index contributed by atoms with van der Waals surface area (Å²) in [7, 11) is 2.14. The first kappa shape index (κ1) is 24.2. The highest BCUT2D eigenvalue weighted by Gasteiger charge is 2.20. The molecule has 4 heterocycles.